The zero-order valence-electron chi connectivity index (χ0n) is 13.2. The van der Waals surface area contributed by atoms with E-state index in [4.69, 9.17) is 4.74 Å². The number of nitrogens with zero attached hydrogens (tertiary/aromatic N) is 2. The van der Waals surface area contributed by atoms with Crippen molar-refractivity contribution in [3.63, 3.8) is 0 Å². The van der Waals surface area contributed by atoms with Gasteiger partial charge < -0.3 is 20.7 Å². The molecule has 0 radical (unpaired) electrons. The molecule has 1 fully saturated rings. The summed E-state index contributed by atoms with van der Waals surface area (Å²) in [7, 11) is 1.86. The molecule has 3 rings (SSSR count). The Morgan fingerprint density at radius 1 is 1.39 bits per heavy atom. The lowest BCUT2D eigenvalue weighted by Crippen LogP contribution is -2.53. The fraction of sp³-hybridized carbons (Fsp3) is 0.375. The van der Waals surface area contributed by atoms with Crippen molar-refractivity contribution in [2.45, 2.75) is 19.1 Å². The van der Waals surface area contributed by atoms with E-state index in [9.17, 15) is 4.79 Å². The lowest BCUT2D eigenvalue weighted by atomic mass is 10.1. The number of anilines is 3. The maximum Gasteiger partial charge on any atom is 0.244 e. The molecule has 1 aliphatic heterocycles. The molecule has 122 valence electrons. The lowest BCUT2D eigenvalue weighted by Gasteiger charge is -2.29. The molecule has 1 aliphatic rings. The van der Waals surface area contributed by atoms with Gasteiger partial charge in [-0.15, -0.1) is 0 Å². The maximum atomic E-state index is 12.4. The number of hydrogen-bond donors (Lipinski definition) is 3. The van der Waals surface area contributed by atoms with Gasteiger partial charge in [0.15, 0.2) is 0 Å². The molecule has 7 heteroatoms. The van der Waals surface area contributed by atoms with Crippen LogP contribution in [0.2, 0.25) is 0 Å². The molecule has 1 saturated heterocycles. The first kappa shape index (κ1) is 15.5. The molecule has 0 aliphatic carbocycles. The monoisotopic (exact) mass is 315 g/mol. The number of aryl methyl sites for hydroxylation is 1. The molecular formula is C16H21N5O2. The molecule has 2 atom stereocenters. The van der Waals surface area contributed by atoms with Crippen LogP contribution < -0.4 is 16.0 Å². The van der Waals surface area contributed by atoms with Crippen LogP contribution in [-0.4, -0.2) is 41.0 Å². The molecule has 0 spiro atoms. The van der Waals surface area contributed by atoms with Gasteiger partial charge in [0.1, 0.15) is 6.04 Å². The van der Waals surface area contributed by atoms with E-state index >= 15 is 0 Å². The van der Waals surface area contributed by atoms with Gasteiger partial charge in [-0.25, -0.2) is 0 Å². The summed E-state index contributed by atoms with van der Waals surface area (Å²) in [5, 5.41) is 13.5. The molecular weight excluding hydrogens is 294 g/mol. The van der Waals surface area contributed by atoms with Crippen LogP contribution in [0.25, 0.3) is 0 Å². The first-order valence-electron chi connectivity index (χ1n) is 7.63. The number of rotatable bonds is 4. The van der Waals surface area contributed by atoms with Gasteiger partial charge in [0, 0.05) is 31.2 Å². The quantitative estimate of drug-likeness (QED) is 0.796. The maximum absolute atomic E-state index is 12.4. The molecule has 3 N–H and O–H groups in total. The third-order valence-electron chi connectivity index (χ3n) is 3.72. The summed E-state index contributed by atoms with van der Waals surface area (Å²) in [5.41, 5.74) is 2.52. The van der Waals surface area contributed by atoms with Crippen molar-refractivity contribution in [3.8, 4) is 0 Å². The van der Waals surface area contributed by atoms with E-state index in [0.717, 1.165) is 17.1 Å². The standard InChI is InChI=1S/C16H21N5O2/c1-11-15(17-6-7-23-11)16(22)20-13-5-3-4-12(8-13)19-14-9-18-21(2)10-14/h3-5,8-11,15,17,19H,6-7H2,1-2H3,(H,20,22)/t11-,15+/m1/s1. The highest BCUT2D eigenvalue weighted by atomic mass is 16.5. The van der Waals surface area contributed by atoms with Gasteiger partial charge in [0.05, 0.1) is 24.6 Å². The molecule has 0 unspecified atom stereocenters. The van der Waals surface area contributed by atoms with Gasteiger partial charge in [-0.05, 0) is 25.1 Å². The van der Waals surface area contributed by atoms with Crippen molar-refractivity contribution in [2.75, 3.05) is 23.8 Å². The fourth-order valence-corrected chi connectivity index (χ4v) is 2.57. The SMILES string of the molecule is C[C@H]1OCCN[C@@H]1C(=O)Nc1cccc(Nc2cnn(C)c2)c1. The molecule has 2 aromatic rings. The van der Waals surface area contributed by atoms with E-state index in [1.807, 2.05) is 44.4 Å². The Labute approximate surface area is 135 Å². The lowest BCUT2D eigenvalue weighted by molar-refractivity contribution is -0.123. The second-order valence-electron chi connectivity index (χ2n) is 5.61. The summed E-state index contributed by atoms with van der Waals surface area (Å²) >= 11 is 0. The van der Waals surface area contributed by atoms with E-state index in [-0.39, 0.29) is 18.1 Å². The second-order valence-corrected chi connectivity index (χ2v) is 5.61. The van der Waals surface area contributed by atoms with E-state index in [1.165, 1.54) is 0 Å². The van der Waals surface area contributed by atoms with Gasteiger partial charge in [0.25, 0.3) is 0 Å². The average molecular weight is 315 g/mol. The summed E-state index contributed by atoms with van der Waals surface area (Å²) in [6.07, 6.45) is 3.49. The second kappa shape index (κ2) is 6.80. The predicted octanol–water partition coefficient (Wildman–Crippen LogP) is 1.48. The van der Waals surface area contributed by atoms with Crippen molar-refractivity contribution in [1.82, 2.24) is 15.1 Å². The largest absolute Gasteiger partial charge is 0.375 e. The molecule has 1 amide bonds. The number of nitrogens with one attached hydrogen (secondary N) is 3. The Hall–Kier alpha value is -2.38. The number of benzene rings is 1. The van der Waals surface area contributed by atoms with Crippen LogP contribution in [-0.2, 0) is 16.6 Å². The minimum Gasteiger partial charge on any atom is -0.375 e. The molecule has 2 heterocycles. The minimum atomic E-state index is -0.335. The van der Waals surface area contributed by atoms with Crippen LogP contribution >= 0.6 is 0 Å². The number of ether oxygens (including phenoxy) is 1. The van der Waals surface area contributed by atoms with Crippen LogP contribution in [0.1, 0.15) is 6.92 Å². The molecule has 7 nitrogen and oxygen atoms in total. The number of amides is 1. The number of carbonyl (C=O) groups is 1. The van der Waals surface area contributed by atoms with E-state index in [2.05, 4.69) is 21.0 Å². The number of morpholine rings is 1. The van der Waals surface area contributed by atoms with Crippen molar-refractivity contribution >= 4 is 23.0 Å². The van der Waals surface area contributed by atoms with Crippen molar-refractivity contribution in [3.05, 3.63) is 36.7 Å². The van der Waals surface area contributed by atoms with Crippen molar-refractivity contribution < 1.29 is 9.53 Å². The van der Waals surface area contributed by atoms with Gasteiger partial charge in [-0.3, -0.25) is 9.48 Å². The molecule has 23 heavy (non-hydrogen) atoms. The van der Waals surface area contributed by atoms with E-state index < -0.39 is 0 Å². The van der Waals surface area contributed by atoms with Gasteiger partial charge in [0.2, 0.25) is 5.91 Å². The highest BCUT2D eigenvalue weighted by Crippen LogP contribution is 2.20. The summed E-state index contributed by atoms with van der Waals surface area (Å²) < 4.78 is 7.24. The Balaban J connectivity index is 1.66. The zero-order valence-corrected chi connectivity index (χ0v) is 13.2. The van der Waals surface area contributed by atoms with E-state index in [1.54, 1.807) is 10.9 Å². The van der Waals surface area contributed by atoms with Gasteiger partial charge >= 0.3 is 0 Å². The summed E-state index contributed by atoms with van der Waals surface area (Å²) in [5.74, 6) is -0.0873. The van der Waals surface area contributed by atoms with Crippen LogP contribution in [0, 0.1) is 0 Å². The van der Waals surface area contributed by atoms with Crippen LogP contribution in [0.5, 0.6) is 0 Å². The Morgan fingerprint density at radius 3 is 2.96 bits per heavy atom. The third kappa shape index (κ3) is 3.88. The van der Waals surface area contributed by atoms with Crippen LogP contribution in [0.15, 0.2) is 36.7 Å². The molecule has 1 aromatic heterocycles. The third-order valence-corrected chi connectivity index (χ3v) is 3.72. The van der Waals surface area contributed by atoms with Crippen molar-refractivity contribution in [2.24, 2.45) is 7.05 Å². The first-order chi connectivity index (χ1) is 11.1. The van der Waals surface area contributed by atoms with Crippen LogP contribution in [0.3, 0.4) is 0 Å². The smallest absolute Gasteiger partial charge is 0.244 e. The normalized spacial score (nSPS) is 21.0. The predicted molar refractivity (Wildman–Crippen MR) is 88.8 cm³/mol. The van der Waals surface area contributed by atoms with Crippen molar-refractivity contribution in [1.29, 1.82) is 0 Å². The summed E-state index contributed by atoms with van der Waals surface area (Å²) in [6, 6.07) is 7.24. The summed E-state index contributed by atoms with van der Waals surface area (Å²) in [6.45, 7) is 3.22. The summed E-state index contributed by atoms with van der Waals surface area (Å²) in [4.78, 5) is 12.4. The van der Waals surface area contributed by atoms with Gasteiger partial charge in [-0.1, -0.05) is 6.07 Å². The number of hydrogen-bond acceptors (Lipinski definition) is 5. The number of aromatic nitrogens is 2. The Kier molecular flexibility index (Phi) is 4.59. The minimum absolute atomic E-state index is 0.0873. The average Bonchev–Trinajstić information content (AvgIpc) is 2.93. The number of carbonyl (C=O) groups excluding carboxylic acids is 1. The first-order valence-corrected chi connectivity index (χ1v) is 7.63. The highest BCUT2D eigenvalue weighted by Gasteiger charge is 2.28. The zero-order chi connectivity index (χ0) is 16.2. The van der Waals surface area contributed by atoms with Gasteiger partial charge in [-0.2, -0.15) is 5.10 Å². The van der Waals surface area contributed by atoms with E-state index in [0.29, 0.717) is 13.2 Å². The fourth-order valence-electron chi connectivity index (χ4n) is 2.57. The molecule has 0 bridgehead atoms. The Morgan fingerprint density at radius 2 is 2.22 bits per heavy atom. The highest BCUT2D eigenvalue weighted by molar-refractivity contribution is 5.95. The van der Waals surface area contributed by atoms with Crippen LogP contribution in [0.4, 0.5) is 17.1 Å². The topological polar surface area (TPSA) is 80.2 Å². The molecule has 0 saturated carbocycles. The molecule has 1 aromatic carbocycles. The Bertz CT molecular complexity index is 685.